The second-order valence-corrected chi connectivity index (χ2v) is 5.04. The van der Waals surface area contributed by atoms with Crippen molar-refractivity contribution in [3.05, 3.63) is 29.8 Å². The van der Waals surface area contributed by atoms with E-state index in [2.05, 4.69) is 13.8 Å². The Balaban J connectivity index is 2.89. The zero-order valence-corrected chi connectivity index (χ0v) is 11.6. The fourth-order valence-electron chi connectivity index (χ4n) is 2.23. The van der Waals surface area contributed by atoms with Crippen molar-refractivity contribution in [2.24, 2.45) is 17.6 Å². The summed E-state index contributed by atoms with van der Waals surface area (Å²) in [4.78, 5) is 0. The van der Waals surface area contributed by atoms with Gasteiger partial charge in [-0.25, -0.2) is 0 Å². The van der Waals surface area contributed by atoms with Gasteiger partial charge in [0.25, 0.3) is 0 Å². The topological polar surface area (TPSA) is 55.5 Å². The van der Waals surface area contributed by atoms with Crippen molar-refractivity contribution in [1.29, 1.82) is 0 Å². The molecule has 1 aromatic carbocycles. The van der Waals surface area contributed by atoms with Crippen molar-refractivity contribution in [2.75, 3.05) is 13.2 Å². The number of aliphatic hydroxyl groups excluding tert-OH is 1. The number of hydrogen-bond acceptors (Lipinski definition) is 3. The van der Waals surface area contributed by atoms with Crippen molar-refractivity contribution in [1.82, 2.24) is 0 Å². The molecule has 18 heavy (non-hydrogen) atoms. The molecular weight excluding hydrogens is 226 g/mol. The quantitative estimate of drug-likeness (QED) is 0.783. The second kappa shape index (κ2) is 7.39. The average molecular weight is 251 g/mol. The van der Waals surface area contributed by atoms with Crippen LogP contribution >= 0.6 is 0 Å². The van der Waals surface area contributed by atoms with Crippen molar-refractivity contribution in [2.45, 2.75) is 33.3 Å². The van der Waals surface area contributed by atoms with E-state index in [-0.39, 0.29) is 5.92 Å². The molecule has 0 radical (unpaired) electrons. The molecular formula is C15H25NO2. The standard InChI is InChI=1S/C15H25NO2/c1-4-18-14-8-6-5-7-13(14)15(17)12(10-16)9-11(2)3/h5-8,11-12,15,17H,4,9-10,16H2,1-3H3. The first kappa shape index (κ1) is 15.0. The normalized spacial score (nSPS) is 14.6. The highest BCUT2D eigenvalue weighted by Gasteiger charge is 2.23. The first-order chi connectivity index (χ1) is 8.60. The molecule has 1 aromatic rings. The number of aliphatic hydroxyl groups is 1. The Bertz CT molecular complexity index is 352. The van der Waals surface area contributed by atoms with E-state index in [1.165, 1.54) is 0 Å². The van der Waals surface area contributed by atoms with E-state index in [0.29, 0.717) is 19.1 Å². The lowest BCUT2D eigenvalue weighted by Crippen LogP contribution is -2.24. The average Bonchev–Trinajstić information content (AvgIpc) is 2.36. The summed E-state index contributed by atoms with van der Waals surface area (Å²) in [5.74, 6) is 1.36. The molecule has 0 saturated heterocycles. The lowest BCUT2D eigenvalue weighted by Gasteiger charge is -2.25. The molecule has 0 aromatic heterocycles. The van der Waals surface area contributed by atoms with Gasteiger partial charge in [-0.15, -0.1) is 0 Å². The zero-order valence-electron chi connectivity index (χ0n) is 11.6. The minimum absolute atomic E-state index is 0.0756. The van der Waals surface area contributed by atoms with Crippen LogP contribution in [0.3, 0.4) is 0 Å². The molecule has 3 heteroatoms. The molecule has 0 heterocycles. The summed E-state index contributed by atoms with van der Waals surface area (Å²) in [6.07, 6.45) is 0.359. The molecule has 0 aliphatic heterocycles. The van der Waals surface area contributed by atoms with Gasteiger partial charge in [0.1, 0.15) is 5.75 Å². The van der Waals surface area contributed by atoms with Gasteiger partial charge in [0.2, 0.25) is 0 Å². The lowest BCUT2D eigenvalue weighted by molar-refractivity contribution is 0.0961. The van der Waals surface area contributed by atoms with Gasteiger partial charge in [-0.1, -0.05) is 32.0 Å². The SMILES string of the molecule is CCOc1ccccc1C(O)C(CN)CC(C)C. The molecule has 0 saturated carbocycles. The predicted molar refractivity (Wildman–Crippen MR) is 74.6 cm³/mol. The summed E-state index contributed by atoms with van der Waals surface area (Å²) in [7, 11) is 0. The van der Waals surface area contributed by atoms with Crippen LogP contribution in [0.25, 0.3) is 0 Å². The number of ether oxygens (including phenoxy) is 1. The van der Waals surface area contributed by atoms with Crippen LogP contribution < -0.4 is 10.5 Å². The molecule has 0 amide bonds. The molecule has 0 bridgehead atoms. The summed E-state index contributed by atoms with van der Waals surface area (Å²) in [5.41, 5.74) is 6.63. The van der Waals surface area contributed by atoms with E-state index in [1.54, 1.807) is 0 Å². The van der Waals surface area contributed by atoms with Crippen molar-refractivity contribution in [3.63, 3.8) is 0 Å². The van der Waals surface area contributed by atoms with Crippen LogP contribution in [0, 0.1) is 11.8 Å². The van der Waals surface area contributed by atoms with Crippen LogP contribution in [-0.4, -0.2) is 18.3 Å². The van der Waals surface area contributed by atoms with E-state index in [1.807, 2.05) is 31.2 Å². The molecule has 2 atom stereocenters. The van der Waals surface area contributed by atoms with Gasteiger partial charge in [-0.3, -0.25) is 0 Å². The number of benzene rings is 1. The number of rotatable bonds is 7. The van der Waals surface area contributed by atoms with Gasteiger partial charge in [-0.05, 0) is 31.9 Å². The lowest BCUT2D eigenvalue weighted by atomic mass is 9.88. The van der Waals surface area contributed by atoms with Gasteiger partial charge < -0.3 is 15.6 Å². The van der Waals surface area contributed by atoms with Gasteiger partial charge in [0, 0.05) is 11.5 Å². The molecule has 0 aliphatic rings. The zero-order chi connectivity index (χ0) is 13.5. The predicted octanol–water partition coefficient (Wildman–Crippen LogP) is 2.74. The maximum atomic E-state index is 10.5. The van der Waals surface area contributed by atoms with Crippen LogP contribution in [0.1, 0.15) is 38.9 Å². The summed E-state index contributed by atoms with van der Waals surface area (Å²) in [5, 5.41) is 10.5. The highest BCUT2D eigenvalue weighted by Crippen LogP contribution is 2.32. The Hall–Kier alpha value is -1.06. The second-order valence-electron chi connectivity index (χ2n) is 5.04. The Morgan fingerprint density at radius 3 is 2.50 bits per heavy atom. The van der Waals surface area contributed by atoms with Crippen molar-refractivity contribution >= 4 is 0 Å². The molecule has 0 aliphatic carbocycles. The molecule has 2 unspecified atom stereocenters. The highest BCUT2D eigenvalue weighted by molar-refractivity contribution is 5.35. The fourth-order valence-corrected chi connectivity index (χ4v) is 2.23. The summed E-state index contributed by atoms with van der Waals surface area (Å²) in [6, 6.07) is 7.65. The third kappa shape index (κ3) is 4.00. The van der Waals surface area contributed by atoms with Gasteiger partial charge in [0.15, 0.2) is 0 Å². The number of hydrogen-bond donors (Lipinski definition) is 2. The maximum absolute atomic E-state index is 10.5. The van der Waals surface area contributed by atoms with Crippen LogP contribution in [0.5, 0.6) is 5.75 Å². The first-order valence-electron chi connectivity index (χ1n) is 6.70. The van der Waals surface area contributed by atoms with E-state index in [9.17, 15) is 5.11 Å². The number of nitrogens with two attached hydrogens (primary N) is 1. The van der Waals surface area contributed by atoms with E-state index < -0.39 is 6.10 Å². The third-order valence-corrected chi connectivity index (χ3v) is 3.06. The van der Waals surface area contributed by atoms with Crippen LogP contribution in [0.4, 0.5) is 0 Å². The molecule has 3 N–H and O–H groups in total. The Morgan fingerprint density at radius 1 is 1.28 bits per heavy atom. The van der Waals surface area contributed by atoms with Crippen molar-refractivity contribution in [3.8, 4) is 5.75 Å². The van der Waals surface area contributed by atoms with Gasteiger partial charge in [0.05, 0.1) is 12.7 Å². The van der Waals surface area contributed by atoms with Crippen LogP contribution in [0.2, 0.25) is 0 Å². The minimum Gasteiger partial charge on any atom is -0.493 e. The maximum Gasteiger partial charge on any atom is 0.125 e. The molecule has 102 valence electrons. The van der Waals surface area contributed by atoms with Gasteiger partial charge >= 0.3 is 0 Å². The third-order valence-electron chi connectivity index (χ3n) is 3.06. The van der Waals surface area contributed by atoms with Crippen LogP contribution in [-0.2, 0) is 0 Å². The monoisotopic (exact) mass is 251 g/mol. The number of para-hydroxylation sites is 1. The largest absolute Gasteiger partial charge is 0.493 e. The fraction of sp³-hybridized carbons (Fsp3) is 0.600. The molecule has 0 spiro atoms. The molecule has 0 fully saturated rings. The van der Waals surface area contributed by atoms with E-state index in [0.717, 1.165) is 17.7 Å². The summed E-state index contributed by atoms with van der Waals surface area (Å²) >= 11 is 0. The molecule has 3 nitrogen and oxygen atoms in total. The first-order valence-corrected chi connectivity index (χ1v) is 6.70. The van der Waals surface area contributed by atoms with E-state index >= 15 is 0 Å². The van der Waals surface area contributed by atoms with Crippen molar-refractivity contribution < 1.29 is 9.84 Å². The van der Waals surface area contributed by atoms with E-state index in [4.69, 9.17) is 10.5 Å². The minimum atomic E-state index is -0.555. The smallest absolute Gasteiger partial charge is 0.125 e. The summed E-state index contributed by atoms with van der Waals surface area (Å²) < 4.78 is 5.56. The van der Waals surface area contributed by atoms with Gasteiger partial charge in [-0.2, -0.15) is 0 Å². The Kier molecular flexibility index (Phi) is 6.16. The Morgan fingerprint density at radius 2 is 1.94 bits per heavy atom. The van der Waals surface area contributed by atoms with Crippen LogP contribution in [0.15, 0.2) is 24.3 Å². The molecule has 1 rings (SSSR count). The highest BCUT2D eigenvalue weighted by atomic mass is 16.5. The Labute approximate surface area is 110 Å². The summed E-state index contributed by atoms with van der Waals surface area (Å²) in [6.45, 7) is 7.31.